The number of aliphatic hydroxyl groups excluding tert-OH is 1. The Balaban J connectivity index is 1.88. The molecule has 3 heteroatoms. The molecule has 2 rings (SSSR count). The Kier molecular flexibility index (Phi) is 3.69. The fraction of sp³-hybridized carbons (Fsp3) is 0.583. The zero-order chi connectivity index (χ0) is 10.5. The average molecular weight is 207 g/mol. The molecule has 0 radical (unpaired) electrons. The molecule has 1 aromatic heterocycles. The molecule has 1 aliphatic rings. The van der Waals surface area contributed by atoms with Crippen LogP contribution >= 0.6 is 0 Å². The number of hydrogen-bond acceptors (Lipinski definition) is 3. The second-order valence-electron chi connectivity index (χ2n) is 4.11. The van der Waals surface area contributed by atoms with Gasteiger partial charge in [0.05, 0.1) is 12.7 Å². The fourth-order valence-corrected chi connectivity index (χ4v) is 2.00. The Morgan fingerprint density at radius 2 is 2.53 bits per heavy atom. The molecule has 15 heavy (non-hydrogen) atoms. The summed E-state index contributed by atoms with van der Waals surface area (Å²) < 4.78 is 5.37. The smallest absolute Gasteiger partial charge is 0.0631 e. The minimum absolute atomic E-state index is 0.291. The van der Waals surface area contributed by atoms with Crippen LogP contribution < -0.4 is 0 Å². The first-order chi connectivity index (χ1) is 7.36. The van der Waals surface area contributed by atoms with Gasteiger partial charge in [-0.15, -0.1) is 0 Å². The average Bonchev–Trinajstić information content (AvgIpc) is 2.31. The van der Waals surface area contributed by atoms with Crippen LogP contribution in [0, 0.1) is 5.92 Å². The van der Waals surface area contributed by atoms with E-state index >= 15 is 0 Å². The molecule has 0 amide bonds. The van der Waals surface area contributed by atoms with Gasteiger partial charge >= 0.3 is 0 Å². The summed E-state index contributed by atoms with van der Waals surface area (Å²) in [5.74, 6) is 0.291. The van der Waals surface area contributed by atoms with Crippen molar-refractivity contribution in [2.24, 2.45) is 5.92 Å². The number of nitrogens with zero attached hydrogens (tertiary/aromatic N) is 1. The molecule has 2 atom stereocenters. The second kappa shape index (κ2) is 5.24. The topological polar surface area (TPSA) is 42.4 Å². The van der Waals surface area contributed by atoms with Gasteiger partial charge in [0.2, 0.25) is 0 Å². The summed E-state index contributed by atoms with van der Waals surface area (Å²) in [4.78, 5) is 4.04. The molecule has 0 aromatic carbocycles. The highest BCUT2D eigenvalue weighted by Crippen LogP contribution is 2.19. The van der Waals surface area contributed by atoms with Crippen molar-refractivity contribution in [2.75, 3.05) is 13.2 Å². The maximum absolute atomic E-state index is 10.0. The fourth-order valence-electron chi connectivity index (χ4n) is 2.00. The van der Waals surface area contributed by atoms with Crippen molar-refractivity contribution in [3.05, 3.63) is 30.1 Å². The lowest BCUT2D eigenvalue weighted by Crippen LogP contribution is -2.30. The molecular weight excluding hydrogens is 190 g/mol. The van der Waals surface area contributed by atoms with E-state index in [-0.39, 0.29) is 6.10 Å². The minimum atomic E-state index is -0.297. The number of rotatable bonds is 3. The number of aliphatic hydroxyl groups is 1. The molecule has 82 valence electrons. The van der Waals surface area contributed by atoms with E-state index < -0.39 is 0 Å². The summed E-state index contributed by atoms with van der Waals surface area (Å²) in [5.41, 5.74) is 1.09. The molecule has 1 aromatic rings. The summed E-state index contributed by atoms with van der Waals surface area (Å²) >= 11 is 0. The maximum atomic E-state index is 10.0. The number of aromatic nitrogens is 1. The van der Waals surface area contributed by atoms with E-state index in [1.54, 1.807) is 6.20 Å². The van der Waals surface area contributed by atoms with Gasteiger partial charge in [-0.05, 0) is 24.5 Å². The maximum Gasteiger partial charge on any atom is 0.0631 e. The molecule has 1 fully saturated rings. The normalized spacial score (nSPS) is 23.7. The zero-order valence-corrected chi connectivity index (χ0v) is 8.80. The van der Waals surface area contributed by atoms with E-state index in [0.29, 0.717) is 18.9 Å². The highest BCUT2D eigenvalue weighted by molar-refractivity contribution is 5.09. The minimum Gasteiger partial charge on any atom is -0.392 e. The first kappa shape index (κ1) is 10.6. The van der Waals surface area contributed by atoms with Crippen molar-refractivity contribution < 1.29 is 9.84 Å². The third kappa shape index (κ3) is 3.01. The van der Waals surface area contributed by atoms with Gasteiger partial charge in [0.1, 0.15) is 0 Å². The van der Waals surface area contributed by atoms with Crippen molar-refractivity contribution in [3.8, 4) is 0 Å². The lowest BCUT2D eigenvalue weighted by atomic mass is 9.92. The van der Waals surface area contributed by atoms with Crippen molar-refractivity contribution in [1.29, 1.82) is 0 Å². The molecule has 0 aliphatic carbocycles. The van der Waals surface area contributed by atoms with Crippen LogP contribution in [0.4, 0.5) is 0 Å². The highest BCUT2D eigenvalue weighted by atomic mass is 16.5. The van der Waals surface area contributed by atoms with E-state index in [1.165, 1.54) is 0 Å². The Morgan fingerprint density at radius 3 is 3.20 bits per heavy atom. The van der Waals surface area contributed by atoms with E-state index in [9.17, 15) is 5.11 Å². The first-order valence-electron chi connectivity index (χ1n) is 5.51. The summed E-state index contributed by atoms with van der Waals surface area (Å²) in [6.45, 7) is 1.54. The molecule has 3 nitrogen and oxygen atoms in total. The zero-order valence-electron chi connectivity index (χ0n) is 8.80. The van der Waals surface area contributed by atoms with E-state index in [4.69, 9.17) is 4.74 Å². The van der Waals surface area contributed by atoms with Gasteiger partial charge in [-0.2, -0.15) is 0 Å². The first-order valence-corrected chi connectivity index (χ1v) is 5.51. The lowest BCUT2D eigenvalue weighted by Gasteiger charge is -2.26. The molecule has 0 spiro atoms. The van der Waals surface area contributed by atoms with Gasteiger partial charge in [-0.1, -0.05) is 6.07 Å². The molecule has 0 saturated carbocycles. The number of ether oxygens (including phenoxy) is 1. The van der Waals surface area contributed by atoms with Crippen LogP contribution in [0.5, 0.6) is 0 Å². The summed E-state index contributed by atoms with van der Waals surface area (Å²) in [7, 11) is 0. The third-order valence-electron chi connectivity index (χ3n) is 2.91. The second-order valence-corrected chi connectivity index (χ2v) is 4.11. The Bertz CT molecular complexity index is 283. The largest absolute Gasteiger partial charge is 0.392 e. The van der Waals surface area contributed by atoms with Crippen LogP contribution in [-0.4, -0.2) is 29.4 Å². The molecule has 1 N–H and O–H groups in total. The third-order valence-corrected chi connectivity index (χ3v) is 2.91. The van der Waals surface area contributed by atoms with Crippen molar-refractivity contribution >= 4 is 0 Å². The van der Waals surface area contributed by atoms with Crippen LogP contribution in [0.2, 0.25) is 0 Å². The monoisotopic (exact) mass is 207 g/mol. The van der Waals surface area contributed by atoms with Gasteiger partial charge in [-0.25, -0.2) is 0 Å². The predicted molar refractivity (Wildman–Crippen MR) is 57.5 cm³/mol. The number of pyridine rings is 1. The molecule has 2 unspecified atom stereocenters. The van der Waals surface area contributed by atoms with Crippen LogP contribution in [0.3, 0.4) is 0 Å². The van der Waals surface area contributed by atoms with Gasteiger partial charge in [0.25, 0.3) is 0 Å². The number of hydrogen-bond donors (Lipinski definition) is 1. The van der Waals surface area contributed by atoms with Gasteiger partial charge < -0.3 is 9.84 Å². The van der Waals surface area contributed by atoms with Crippen molar-refractivity contribution in [1.82, 2.24) is 4.98 Å². The summed E-state index contributed by atoms with van der Waals surface area (Å²) in [6.07, 6.45) is 6.08. The standard InChI is InChI=1S/C12H17NO2/c14-12(11-4-2-6-15-9-11)7-10-3-1-5-13-8-10/h1,3,5,8,11-12,14H,2,4,6-7,9H2. The SMILES string of the molecule is OC(Cc1cccnc1)C1CCCOC1. The van der Waals surface area contributed by atoms with E-state index in [2.05, 4.69) is 4.98 Å². The van der Waals surface area contributed by atoms with Crippen LogP contribution in [0.15, 0.2) is 24.5 Å². The van der Waals surface area contributed by atoms with Gasteiger partial charge in [-0.3, -0.25) is 4.98 Å². The van der Waals surface area contributed by atoms with Crippen LogP contribution in [0.25, 0.3) is 0 Å². The molecule has 1 aliphatic heterocycles. The van der Waals surface area contributed by atoms with E-state index in [0.717, 1.165) is 25.0 Å². The predicted octanol–water partition coefficient (Wildman–Crippen LogP) is 1.41. The van der Waals surface area contributed by atoms with E-state index in [1.807, 2.05) is 18.3 Å². The summed E-state index contributed by atoms with van der Waals surface area (Å²) in [6, 6.07) is 3.90. The highest BCUT2D eigenvalue weighted by Gasteiger charge is 2.22. The van der Waals surface area contributed by atoms with Gasteiger partial charge in [0, 0.05) is 31.3 Å². The molecule has 0 bridgehead atoms. The van der Waals surface area contributed by atoms with Crippen LogP contribution in [-0.2, 0) is 11.2 Å². The quantitative estimate of drug-likeness (QED) is 0.815. The van der Waals surface area contributed by atoms with Gasteiger partial charge in [0.15, 0.2) is 0 Å². The van der Waals surface area contributed by atoms with Crippen molar-refractivity contribution in [2.45, 2.75) is 25.4 Å². The lowest BCUT2D eigenvalue weighted by molar-refractivity contribution is -0.00849. The molecular formula is C12H17NO2. The Labute approximate surface area is 90.1 Å². The Morgan fingerprint density at radius 1 is 1.60 bits per heavy atom. The Hall–Kier alpha value is -0.930. The molecule has 1 saturated heterocycles. The summed E-state index contributed by atoms with van der Waals surface area (Å²) in [5, 5.41) is 10.0. The van der Waals surface area contributed by atoms with Crippen LogP contribution in [0.1, 0.15) is 18.4 Å². The molecule has 2 heterocycles. The van der Waals surface area contributed by atoms with Crippen molar-refractivity contribution in [3.63, 3.8) is 0 Å².